The molecule has 128 valence electrons. The molecule has 0 aromatic heterocycles. The number of alkyl halides is 3. The van der Waals surface area contributed by atoms with E-state index >= 15 is 0 Å². The number of nitro benzene ring substituents is 1. The van der Waals surface area contributed by atoms with E-state index in [4.69, 9.17) is 4.74 Å². The highest BCUT2D eigenvalue weighted by atomic mass is 32.2. The lowest BCUT2D eigenvalue weighted by Crippen LogP contribution is -2.16. The van der Waals surface area contributed by atoms with E-state index in [1.165, 1.54) is 0 Å². The lowest BCUT2D eigenvalue weighted by Gasteiger charge is -2.09. The Morgan fingerprint density at radius 1 is 1.39 bits per heavy atom. The minimum Gasteiger partial charge on any atom is -0.465 e. The van der Waals surface area contributed by atoms with Gasteiger partial charge in [-0.05, 0) is 18.6 Å². The molecular formula is C13H14F3NO5S. The largest absolute Gasteiger partial charge is 0.465 e. The predicted molar refractivity (Wildman–Crippen MR) is 75.2 cm³/mol. The molecule has 0 N–H and O–H groups in total. The number of unbranched alkanes of at least 4 members (excludes halogenated alkanes) is 1. The van der Waals surface area contributed by atoms with Crippen LogP contribution in [0.2, 0.25) is 0 Å². The molecule has 0 aliphatic heterocycles. The van der Waals surface area contributed by atoms with E-state index in [-0.39, 0.29) is 6.61 Å². The molecule has 0 aliphatic rings. The highest BCUT2D eigenvalue weighted by molar-refractivity contribution is 7.85. The number of carbonyl (C=O) groups is 1. The molecule has 0 radical (unpaired) electrons. The van der Waals surface area contributed by atoms with Gasteiger partial charge in [0.05, 0.1) is 27.9 Å². The second kappa shape index (κ2) is 8.04. The van der Waals surface area contributed by atoms with Crippen LogP contribution in [0.15, 0.2) is 23.1 Å². The number of hydrogen-bond acceptors (Lipinski definition) is 5. The van der Waals surface area contributed by atoms with Crippen molar-refractivity contribution < 1.29 is 31.8 Å². The Morgan fingerprint density at radius 2 is 2.04 bits per heavy atom. The SMILES string of the molecule is CCCCOC(=O)C[S@](=O)c1ccc(C(F)(F)F)cc1[N+](=O)[O-]. The third kappa shape index (κ3) is 5.62. The van der Waals surface area contributed by atoms with Gasteiger partial charge in [0, 0.05) is 6.07 Å². The van der Waals surface area contributed by atoms with Crippen molar-refractivity contribution in [3.05, 3.63) is 33.9 Å². The van der Waals surface area contributed by atoms with Gasteiger partial charge in [0.15, 0.2) is 0 Å². The monoisotopic (exact) mass is 353 g/mol. The fourth-order valence-electron chi connectivity index (χ4n) is 1.59. The van der Waals surface area contributed by atoms with Crippen molar-refractivity contribution in [2.45, 2.75) is 30.8 Å². The Balaban J connectivity index is 2.96. The van der Waals surface area contributed by atoms with E-state index < -0.39 is 49.8 Å². The van der Waals surface area contributed by atoms with Crippen LogP contribution >= 0.6 is 0 Å². The van der Waals surface area contributed by atoms with E-state index in [1.54, 1.807) is 0 Å². The van der Waals surface area contributed by atoms with Crippen molar-refractivity contribution in [1.82, 2.24) is 0 Å². The van der Waals surface area contributed by atoms with E-state index in [0.29, 0.717) is 18.6 Å². The number of nitrogens with zero attached hydrogens (tertiary/aromatic N) is 1. The first-order valence-corrected chi connectivity index (χ1v) is 7.88. The summed E-state index contributed by atoms with van der Waals surface area (Å²) in [5.41, 5.74) is -2.17. The Morgan fingerprint density at radius 3 is 2.57 bits per heavy atom. The smallest absolute Gasteiger partial charge is 0.416 e. The van der Waals surface area contributed by atoms with E-state index in [9.17, 15) is 32.3 Å². The van der Waals surface area contributed by atoms with Crippen LogP contribution in [0.5, 0.6) is 0 Å². The van der Waals surface area contributed by atoms with Crippen molar-refractivity contribution >= 4 is 22.5 Å². The average Bonchev–Trinajstić information content (AvgIpc) is 2.45. The zero-order chi connectivity index (χ0) is 17.6. The first kappa shape index (κ1) is 19.1. The summed E-state index contributed by atoms with van der Waals surface area (Å²) in [6.07, 6.45) is -3.37. The lowest BCUT2D eigenvalue weighted by molar-refractivity contribution is -0.388. The van der Waals surface area contributed by atoms with E-state index in [2.05, 4.69) is 0 Å². The Kier molecular flexibility index (Phi) is 6.67. The molecule has 1 atom stereocenters. The predicted octanol–water partition coefficient (Wildman–Crippen LogP) is 3.06. The fourth-order valence-corrected chi connectivity index (χ4v) is 2.63. The molecule has 0 saturated carbocycles. The normalized spacial score (nSPS) is 12.7. The minimum absolute atomic E-state index is 0.127. The molecule has 0 bridgehead atoms. The summed E-state index contributed by atoms with van der Waals surface area (Å²) >= 11 is 0. The quantitative estimate of drug-likeness (QED) is 0.325. The number of esters is 1. The maximum atomic E-state index is 12.6. The minimum atomic E-state index is -4.76. The number of ether oxygens (including phenoxy) is 1. The van der Waals surface area contributed by atoms with Crippen LogP contribution in [-0.4, -0.2) is 27.5 Å². The van der Waals surface area contributed by atoms with Gasteiger partial charge in [-0.1, -0.05) is 13.3 Å². The van der Waals surface area contributed by atoms with Crippen molar-refractivity contribution in [2.24, 2.45) is 0 Å². The Labute approximate surface area is 132 Å². The maximum Gasteiger partial charge on any atom is 0.416 e. The molecule has 0 fully saturated rings. The van der Waals surface area contributed by atoms with Crippen LogP contribution in [0.25, 0.3) is 0 Å². The van der Waals surface area contributed by atoms with Gasteiger partial charge in [0.2, 0.25) is 0 Å². The molecule has 23 heavy (non-hydrogen) atoms. The second-order valence-electron chi connectivity index (χ2n) is 4.50. The van der Waals surface area contributed by atoms with Gasteiger partial charge < -0.3 is 4.74 Å². The van der Waals surface area contributed by atoms with Crippen molar-refractivity contribution in [2.75, 3.05) is 12.4 Å². The lowest BCUT2D eigenvalue weighted by atomic mass is 10.2. The molecular weight excluding hydrogens is 339 g/mol. The van der Waals surface area contributed by atoms with Crippen LogP contribution in [0.1, 0.15) is 25.3 Å². The number of carbonyl (C=O) groups excluding carboxylic acids is 1. The van der Waals surface area contributed by atoms with Gasteiger partial charge in [-0.25, -0.2) is 0 Å². The zero-order valence-electron chi connectivity index (χ0n) is 12.1. The highest BCUT2D eigenvalue weighted by Crippen LogP contribution is 2.34. The number of nitro groups is 1. The zero-order valence-corrected chi connectivity index (χ0v) is 12.9. The summed E-state index contributed by atoms with van der Waals surface area (Å²) in [5.74, 6) is -1.48. The third-order valence-corrected chi connectivity index (χ3v) is 4.07. The molecule has 1 rings (SSSR count). The number of rotatable bonds is 7. The first-order valence-electron chi connectivity index (χ1n) is 6.56. The van der Waals surface area contributed by atoms with E-state index in [1.807, 2.05) is 6.92 Å². The number of hydrogen-bond donors (Lipinski definition) is 0. The number of halogens is 3. The van der Waals surface area contributed by atoms with Crippen LogP contribution < -0.4 is 0 Å². The summed E-state index contributed by atoms with van der Waals surface area (Å²) < 4.78 is 54.5. The van der Waals surface area contributed by atoms with Gasteiger partial charge in [-0.15, -0.1) is 0 Å². The second-order valence-corrected chi connectivity index (χ2v) is 5.92. The molecule has 10 heteroatoms. The fraction of sp³-hybridized carbons (Fsp3) is 0.462. The maximum absolute atomic E-state index is 12.6. The molecule has 1 aromatic carbocycles. The van der Waals surface area contributed by atoms with Crippen LogP contribution in [0.3, 0.4) is 0 Å². The first-order chi connectivity index (χ1) is 10.7. The van der Waals surface area contributed by atoms with Crippen molar-refractivity contribution in [1.29, 1.82) is 0 Å². The van der Waals surface area contributed by atoms with Crippen LogP contribution in [-0.2, 0) is 26.5 Å². The van der Waals surface area contributed by atoms with Gasteiger partial charge >= 0.3 is 12.1 Å². The van der Waals surface area contributed by atoms with Gasteiger partial charge in [0.25, 0.3) is 5.69 Å². The van der Waals surface area contributed by atoms with Gasteiger partial charge in [0.1, 0.15) is 10.6 Å². The molecule has 0 spiro atoms. The van der Waals surface area contributed by atoms with E-state index in [0.717, 1.165) is 12.5 Å². The summed E-state index contributed by atoms with van der Waals surface area (Å²) in [6.45, 7) is 2.00. The molecule has 0 heterocycles. The summed E-state index contributed by atoms with van der Waals surface area (Å²) in [6, 6.07) is 1.63. The molecule has 0 aliphatic carbocycles. The van der Waals surface area contributed by atoms with Crippen LogP contribution in [0, 0.1) is 10.1 Å². The summed E-state index contributed by atoms with van der Waals surface area (Å²) in [7, 11) is -2.17. The molecule has 0 amide bonds. The van der Waals surface area contributed by atoms with Crippen LogP contribution in [0.4, 0.5) is 18.9 Å². The molecule has 0 unspecified atom stereocenters. The third-order valence-electron chi connectivity index (χ3n) is 2.74. The average molecular weight is 353 g/mol. The van der Waals surface area contributed by atoms with Gasteiger partial charge in [-0.3, -0.25) is 19.1 Å². The van der Waals surface area contributed by atoms with Gasteiger partial charge in [-0.2, -0.15) is 13.2 Å². The number of benzene rings is 1. The Hall–Kier alpha value is -1.97. The van der Waals surface area contributed by atoms with Crippen molar-refractivity contribution in [3.8, 4) is 0 Å². The summed E-state index contributed by atoms with van der Waals surface area (Å²) in [4.78, 5) is 20.8. The Bertz CT molecular complexity index is 618. The topological polar surface area (TPSA) is 86.5 Å². The standard InChI is InChI=1S/C13H14F3NO5S/c1-2-3-6-22-12(18)8-23(21)11-5-4-9(13(14,15)16)7-10(11)17(19)20/h4-5,7H,2-3,6,8H2,1H3/t23-/m0/s1. The van der Waals surface area contributed by atoms with Crippen molar-refractivity contribution in [3.63, 3.8) is 0 Å². The molecule has 1 aromatic rings. The highest BCUT2D eigenvalue weighted by Gasteiger charge is 2.34. The molecule has 0 saturated heterocycles. The molecule has 6 nitrogen and oxygen atoms in total. The summed E-state index contributed by atoms with van der Waals surface area (Å²) in [5, 5.41) is 10.9.